The summed E-state index contributed by atoms with van der Waals surface area (Å²) >= 11 is 0. The van der Waals surface area contributed by atoms with Crippen LogP contribution in [0.15, 0.2) is 30.3 Å². The molecule has 94 valence electrons. The van der Waals surface area contributed by atoms with Crippen LogP contribution in [0.4, 0.5) is 0 Å². The molecule has 1 aromatic carbocycles. The highest BCUT2D eigenvalue weighted by atomic mass is 15.0. The van der Waals surface area contributed by atoms with Gasteiger partial charge in [0, 0.05) is 23.7 Å². The number of nitrogens with one attached hydrogen (secondary N) is 1. The summed E-state index contributed by atoms with van der Waals surface area (Å²) in [6.07, 6.45) is 1.29. The van der Waals surface area contributed by atoms with Gasteiger partial charge in [0.05, 0.1) is 5.52 Å². The number of fused-ring (bicyclic) bond motifs is 1. The SMILES string of the molecule is Cc1ccc2cc(CNC3CC3(C)C)ccc2n1. The summed E-state index contributed by atoms with van der Waals surface area (Å²) in [7, 11) is 0. The van der Waals surface area contributed by atoms with Crippen LogP contribution >= 0.6 is 0 Å². The van der Waals surface area contributed by atoms with Crippen molar-refractivity contribution in [1.29, 1.82) is 0 Å². The minimum absolute atomic E-state index is 0.496. The maximum atomic E-state index is 4.53. The summed E-state index contributed by atoms with van der Waals surface area (Å²) in [5.41, 5.74) is 4.00. The average molecular weight is 240 g/mol. The molecule has 1 saturated carbocycles. The zero-order valence-corrected chi connectivity index (χ0v) is 11.3. The smallest absolute Gasteiger partial charge is 0.0705 e. The monoisotopic (exact) mass is 240 g/mol. The van der Waals surface area contributed by atoms with Crippen LogP contribution in [0.2, 0.25) is 0 Å². The Hall–Kier alpha value is -1.41. The van der Waals surface area contributed by atoms with Gasteiger partial charge < -0.3 is 5.32 Å². The van der Waals surface area contributed by atoms with E-state index in [-0.39, 0.29) is 0 Å². The summed E-state index contributed by atoms with van der Waals surface area (Å²) in [4.78, 5) is 4.53. The Labute approximate surface area is 108 Å². The first-order chi connectivity index (χ1) is 8.54. The number of pyridine rings is 1. The molecule has 3 rings (SSSR count). The van der Waals surface area contributed by atoms with Gasteiger partial charge in [0.1, 0.15) is 0 Å². The quantitative estimate of drug-likeness (QED) is 0.889. The van der Waals surface area contributed by atoms with E-state index in [2.05, 4.69) is 54.5 Å². The number of aromatic nitrogens is 1. The Morgan fingerprint density at radius 3 is 2.78 bits per heavy atom. The van der Waals surface area contributed by atoms with Crippen molar-refractivity contribution in [3.63, 3.8) is 0 Å². The molecule has 2 heteroatoms. The Bertz CT molecular complexity index is 587. The van der Waals surface area contributed by atoms with E-state index in [0.717, 1.165) is 17.8 Å². The van der Waals surface area contributed by atoms with Crippen molar-refractivity contribution < 1.29 is 0 Å². The molecule has 0 saturated heterocycles. The van der Waals surface area contributed by atoms with Gasteiger partial charge in [-0.05, 0) is 42.5 Å². The second-order valence-electron chi connectivity index (χ2n) is 6.11. The van der Waals surface area contributed by atoms with Crippen molar-refractivity contribution in [2.75, 3.05) is 0 Å². The molecule has 1 aliphatic rings. The fraction of sp³-hybridized carbons (Fsp3) is 0.438. The molecule has 0 spiro atoms. The highest BCUT2D eigenvalue weighted by Crippen LogP contribution is 2.44. The van der Waals surface area contributed by atoms with Gasteiger partial charge in [-0.25, -0.2) is 0 Å². The number of nitrogens with zero attached hydrogens (tertiary/aromatic N) is 1. The first-order valence-electron chi connectivity index (χ1n) is 6.64. The standard InChI is InChI=1S/C16H20N2/c1-11-4-6-13-8-12(5-7-14(13)18-11)10-17-15-9-16(15,2)3/h4-8,15,17H,9-10H2,1-3H3. The molecule has 2 nitrogen and oxygen atoms in total. The van der Waals surface area contributed by atoms with Crippen molar-refractivity contribution in [1.82, 2.24) is 10.3 Å². The fourth-order valence-corrected chi connectivity index (χ4v) is 2.44. The normalized spacial score (nSPS) is 21.2. The zero-order valence-electron chi connectivity index (χ0n) is 11.3. The van der Waals surface area contributed by atoms with Crippen LogP contribution < -0.4 is 5.32 Å². The van der Waals surface area contributed by atoms with Crippen molar-refractivity contribution >= 4 is 10.9 Å². The first kappa shape index (κ1) is 11.7. The second kappa shape index (κ2) is 4.06. The molecule has 2 aromatic rings. The van der Waals surface area contributed by atoms with Crippen molar-refractivity contribution in [3.8, 4) is 0 Å². The third-order valence-corrected chi connectivity index (χ3v) is 3.96. The van der Waals surface area contributed by atoms with Crippen LogP contribution in [0.3, 0.4) is 0 Å². The van der Waals surface area contributed by atoms with Gasteiger partial charge in [-0.2, -0.15) is 0 Å². The van der Waals surface area contributed by atoms with E-state index in [9.17, 15) is 0 Å². The maximum absolute atomic E-state index is 4.53. The van der Waals surface area contributed by atoms with Crippen LogP contribution in [0.5, 0.6) is 0 Å². The van der Waals surface area contributed by atoms with Crippen molar-refractivity contribution in [3.05, 3.63) is 41.6 Å². The minimum atomic E-state index is 0.496. The molecule has 0 amide bonds. The zero-order chi connectivity index (χ0) is 12.8. The van der Waals surface area contributed by atoms with Crippen LogP contribution in [0.1, 0.15) is 31.5 Å². The lowest BCUT2D eigenvalue weighted by Gasteiger charge is -2.07. The van der Waals surface area contributed by atoms with Gasteiger partial charge in [-0.3, -0.25) is 4.98 Å². The van der Waals surface area contributed by atoms with E-state index >= 15 is 0 Å². The van der Waals surface area contributed by atoms with Crippen LogP contribution in [0, 0.1) is 12.3 Å². The van der Waals surface area contributed by atoms with Gasteiger partial charge in [-0.15, -0.1) is 0 Å². The Morgan fingerprint density at radius 2 is 2.06 bits per heavy atom. The van der Waals surface area contributed by atoms with Crippen molar-refractivity contribution in [2.45, 2.75) is 39.8 Å². The molecule has 1 aliphatic carbocycles. The predicted molar refractivity (Wildman–Crippen MR) is 75.5 cm³/mol. The lowest BCUT2D eigenvalue weighted by atomic mass is 10.1. The summed E-state index contributed by atoms with van der Waals surface area (Å²) in [6, 6.07) is 11.5. The molecule has 0 bridgehead atoms. The molecule has 1 atom stereocenters. The molecule has 0 radical (unpaired) electrons. The molecule has 1 N–H and O–H groups in total. The van der Waals surface area contributed by atoms with E-state index in [1.807, 2.05) is 6.92 Å². The minimum Gasteiger partial charge on any atom is -0.309 e. The van der Waals surface area contributed by atoms with Gasteiger partial charge in [0.2, 0.25) is 0 Å². The van der Waals surface area contributed by atoms with Gasteiger partial charge in [-0.1, -0.05) is 26.0 Å². The summed E-state index contributed by atoms with van der Waals surface area (Å²) < 4.78 is 0. The number of rotatable bonds is 3. The molecular weight excluding hydrogens is 220 g/mol. The molecular formula is C16H20N2. The molecule has 1 heterocycles. The topological polar surface area (TPSA) is 24.9 Å². The largest absolute Gasteiger partial charge is 0.309 e. The summed E-state index contributed by atoms with van der Waals surface area (Å²) in [5.74, 6) is 0. The van der Waals surface area contributed by atoms with E-state index in [1.54, 1.807) is 0 Å². The third kappa shape index (κ3) is 2.25. The average Bonchev–Trinajstić information content (AvgIpc) is 2.94. The molecule has 0 aliphatic heterocycles. The van der Waals surface area contributed by atoms with Gasteiger partial charge in [0.25, 0.3) is 0 Å². The summed E-state index contributed by atoms with van der Waals surface area (Å²) in [5, 5.41) is 4.85. The molecule has 1 unspecified atom stereocenters. The Balaban J connectivity index is 1.75. The van der Waals surface area contributed by atoms with E-state index in [0.29, 0.717) is 11.5 Å². The lowest BCUT2D eigenvalue weighted by molar-refractivity contribution is 0.542. The number of aryl methyl sites for hydroxylation is 1. The Kier molecular flexibility index (Phi) is 2.63. The highest BCUT2D eigenvalue weighted by molar-refractivity contribution is 5.79. The molecule has 1 aromatic heterocycles. The maximum Gasteiger partial charge on any atom is 0.0705 e. The third-order valence-electron chi connectivity index (χ3n) is 3.96. The lowest BCUT2D eigenvalue weighted by Crippen LogP contribution is -2.19. The fourth-order valence-electron chi connectivity index (χ4n) is 2.44. The highest BCUT2D eigenvalue weighted by Gasteiger charge is 2.44. The van der Waals surface area contributed by atoms with E-state index in [1.165, 1.54) is 17.4 Å². The first-order valence-corrected chi connectivity index (χ1v) is 6.64. The van der Waals surface area contributed by atoms with Crippen LogP contribution in [0.25, 0.3) is 10.9 Å². The number of benzene rings is 1. The Morgan fingerprint density at radius 1 is 1.28 bits per heavy atom. The van der Waals surface area contributed by atoms with E-state index in [4.69, 9.17) is 0 Å². The van der Waals surface area contributed by atoms with Crippen LogP contribution in [-0.2, 0) is 6.54 Å². The van der Waals surface area contributed by atoms with Crippen LogP contribution in [-0.4, -0.2) is 11.0 Å². The molecule has 1 fully saturated rings. The molecule has 18 heavy (non-hydrogen) atoms. The second-order valence-corrected chi connectivity index (χ2v) is 6.11. The van der Waals surface area contributed by atoms with E-state index < -0.39 is 0 Å². The predicted octanol–water partition coefficient (Wildman–Crippen LogP) is 3.43. The van der Waals surface area contributed by atoms with Gasteiger partial charge >= 0.3 is 0 Å². The number of hydrogen-bond acceptors (Lipinski definition) is 2. The van der Waals surface area contributed by atoms with Gasteiger partial charge in [0.15, 0.2) is 0 Å². The number of hydrogen-bond donors (Lipinski definition) is 1. The summed E-state index contributed by atoms with van der Waals surface area (Å²) in [6.45, 7) is 7.62. The van der Waals surface area contributed by atoms with Crippen molar-refractivity contribution in [2.24, 2.45) is 5.41 Å².